The number of hydrogen-bond donors (Lipinski definition) is 1. The second-order valence-corrected chi connectivity index (χ2v) is 5.07. The van der Waals surface area contributed by atoms with Crippen LogP contribution in [-0.2, 0) is 0 Å². The van der Waals surface area contributed by atoms with Crippen LogP contribution in [0, 0.1) is 18.3 Å². The Morgan fingerprint density at radius 3 is 2.95 bits per heavy atom. The van der Waals surface area contributed by atoms with Crippen molar-refractivity contribution < 1.29 is 9.90 Å². The van der Waals surface area contributed by atoms with E-state index in [4.69, 9.17) is 10.4 Å². The van der Waals surface area contributed by atoms with E-state index in [0.717, 1.165) is 16.7 Å². The van der Waals surface area contributed by atoms with E-state index in [1.54, 1.807) is 6.92 Å². The van der Waals surface area contributed by atoms with Gasteiger partial charge in [0.05, 0.1) is 17.9 Å². The lowest BCUT2D eigenvalue weighted by atomic mass is 10.2. The molecule has 98 valence electrons. The summed E-state index contributed by atoms with van der Waals surface area (Å²) in [6, 6.07) is 2.08. The predicted molar refractivity (Wildman–Crippen MR) is 72.6 cm³/mol. The van der Waals surface area contributed by atoms with Crippen molar-refractivity contribution in [2.24, 2.45) is 0 Å². The Bertz CT molecular complexity index is 674. The van der Waals surface area contributed by atoms with Crippen molar-refractivity contribution in [3.05, 3.63) is 16.8 Å². The van der Waals surface area contributed by atoms with Gasteiger partial charge in [-0.3, -0.25) is 0 Å². The topological polar surface area (TPSA) is 90.1 Å². The maximum atomic E-state index is 11.2. The third-order valence-electron chi connectivity index (χ3n) is 2.82. The van der Waals surface area contributed by atoms with Gasteiger partial charge in [-0.2, -0.15) is 5.26 Å². The Hall–Kier alpha value is -2.20. The summed E-state index contributed by atoms with van der Waals surface area (Å²) in [4.78, 5) is 22.3. The molecule has 0 atom stereocenters. The number of aryl methyl sites for hydroxylation is 1. The Morgan fingerprint density at radius 2 is 2.32 bits per heavy atom. The average Bonchev–Trinajstić information content (AvgIpc) is 2.73. The SMILES string of the molecule is Cc1c(C(=O)O)sc2ncnc(N(C)CCC#N)c12. The summed E-state index contributed by atoms with van der Waals surface area (Å²) >= 11 is 1.15. The Kier molecular flexibility index (Phi) is 3.62. The highest BCUT2D eigenvalue weighted by Crippen LogP contribution is 2.34. The first-order valence-electron chi connectivity index (χ1n) is 5.61. The average molecular weight is 276 g/mol. The largest absolute Gasteiger partial charge is 0.477 e. The van der Waals surface area contributed by atoms with Gasteiger partial charge in [0.15, 0.2) is 0 Å². The van der Waals surface area contributed by atoms with Gasteiger partial charge in [-0.15, -0.1) is 11.3 Å². The van der Waals surface area contributed by atoms with Gasteiger partial charge in [0.25, 0.3) is 0 Å². The molecule has 2 aromatic heterocycles. The normalized spacial score (nSPS) is 10.4. The summed E-state index contributed by atoms with van der Waals surface area (Å²) in [5.74, 6) is -0.285. The molecule has 0 radical (unpaired) electrons. The van der Waals surface area contributed by atoms with Crippen LogP contribution in [-0.4, -0.2) is 34.6 Å². The first-order valence-corrected chi connectivity index (χ1v) is 6.43. The predicted octanol–water partition coefficient (Wildman–Crippen LogP) is 2.05. The minimum Gasteiger partial charge on any atom is -0.477 e. The van der Waals surface area contributed by atoms with Crippen LogP contribution in [0.2, 0.25) is 0 Å². The van der Waals surface area contributed by atoms with E-state index in [1.807, 2.05) is 11.9 Å². The van der Waals surface area contributed by atoms with E-state index in [-0.39, 0.29) is 4.88 Å². The van der Waals surface area contributed by atoms with Crippen molar-refractivity contribution in [2.75, 3.05) is 18.5 Å². The lowest BCUT2D eigenvalue weighted by Crippen LogP contribution is -2.19. The molecular weight excluding hydrogens is 264 g/mol. The summed E-state index contributed by atoms with van der Waals surface area (Å²) in [5, 5.41) is 18.5. The lowest BCUT2D eigenvalue weighted by Gasteiger charge is -2.17. The number of aromatic nitrogens is 2. The van der Waals surface area contributed by atoms with Crippen molar-refractivity contribution in [1.29, 1.82) is 5.26 Å². The quantitative estimate of drug-likeness (QED) is 0.919. The number of hydrogen-bond acceptors (Lipinski definition) is 6. The van der Waals surface area contributed by atoms with Gasteiger partial charge in [0.2, 0.25) is 0 Å². The smallest absolute Gasteiger partial charge is 0.346 e. The number of aromatic carboxylic acids is 1. The molecule has 0 aliphatic rings. The molecule has 0 aliphatic carbocycles. The van der Waals surface area contributed by atoms with Crippen LogP contribution in [0.4, 0.5) is 5.82 Å². The minimum atomic E-state index is -0.953. The van der Waals surface area contributed by atoms with Crippen molar-refractivity contribution >= 4 is 33.3 Å². The van der Waals surface area contributed by atoms with Crippen molar-refractivity contribution in [2.45, 2.75) is 13.3 Å². The second kappa shape index (κ2) is 5.20. The number of carboxylic acids is 1. The van der Waals surface area contributed by atoms with Crippen LogP contribution in [0.15, 0.2) is 6.33 Å². The standard InChI is InChI=1S/C12H12N4O2S/c1-7-8-10(16(2)5-3-4-13)14-6-15-11(8)19-9(7)12(17)18/h6H,3,5H2,1-2H3,(H,17,18). The lowest BCUT2D eigenvalue weighted by molar-refractivity contribution is 0.0701. The van der Waals surface area contributed by atoms with Crippen LogP contribution in [0.25, 0.3) is 10.2 Å². The van der Waals surface area contributed by atoms with E-state index in [9.17, 15) is 4.79 Å². The van der Waals surface area contributed by atoms with Crippen LogP contribution >= 0.6 is 11.3 Å². The molecule has 0 spiro atoms. The number of carbonyl (C=O) groups is 1. The second-order valence-electron chi connectivity index (χ2n) is 4.07. The third-order valence-corrected chi connectivity index (χ3v) is 4.01. The van der Waals surface area contributed by atoms with E-state index < -0.39 is 5.97 Å². The van der Waals surface area contributed by atoms with E-state index in [0.29, 0.717) is 29.2 Å². The van der Waals surface area contributed by atoms with Gasteiger partial charge in [-0.1, -0.05) is 0 Å². The number of anilines is 1. The highest BCUT2D eigenvalue weighted by atomic mass is 32.1. The van der Waals surface area contributed by atoms with Gasteiger partial charge in [-0.05, 0) is 12.5 Å². The number of nitrogens with zero attached hydrogens (tertiary/aromatic N) is 4. The molecule has 2 aromatic rings. The summed E-state index contributed by atoms with van der Waals surface area (Å²) in [5.41, 5.74) is 0.673. The van der Waals surface area contributed by atoms with Gasteiger partial charge >= 0.3 is 5.97 Å². The van der Waals surface area contributed by atoms with Crippen molar-refractivity contribution in [1.82, 2.24) is 9.97 Å². The fourth-order valence-corrected chi connectivity index (χ4v) is 2.85. The zero-order chi connectivity index (χ0) is 14.0. The van der Waals surface area contributed by atoms with Crippen LogP contribution in [0.5, 0.6) is 0 Å². The Morgan fingerprint density at radius 1 is 1.58 bits per heavy atom. The van der Waals surface area contributed by atoms with Gasteiger partial charge in [0, 0.05) is 13.6 Å². The molecule has 0 fully saturated rings. The zero-order valence-electron chi connectivity index (χ0n) is 10.5. The van der Waals surface area contributed by atoms with Gasteiger partial charge in [0.1, 0.15) is 21.9 Å². The minimum absolute atomic E-state index is 0.283. The molecule has 2 rings (SSSR count). The fraction of sp³-hybridized carbons (Fsp3) is 0.333. The molecule has 0 saturated carbocycles. The molecule has 7 heteroatoms. The number of fused-ring (bicyclic) bond motifs is 1. The number of rotatable bonds is 4. The maximum absolute atomic E-state index is 11.2. The molecule has 6 nitrogen and oxygen atoms in total. The van der Waals surface area contributed by atoms with E-state index in [2.05, 4.69) is 16.0 Å². The number of nitriles is 1. The molecule has 19 heavy (non-hydrogen) atoms. The first kappa shape index (κ1) is 13.2. The zero-order valence-corrected chi connectivity index (χ0v) is 11.4. The molecule has 2 heterocycles. The molecule has 1 N–H and O–H groups in total. The van der Waals surface area contributed by atoms with Crippen molar-refractivity contribution in [3.63, 3.8) is 0 Å². The Balaban J connectivity index is 2.56. The summed E-state index contributed by atoms with van der Waals surface area (Å²) in [7, 11) is 1.83. The number of thiophene rings is 1. The monoisotopic (exact) mass is 276 g/mol. The molecule has 0 aromatic carbocycles. The van der Waals surface area contributed by atoms with Crippen LogP contribution < -0.4 is 4.90 Å². The molecule has 0 unspecified atom stereocenters. The van der Waals surface area contributed by atoms with E-state index >= 15 is 0 Å². The maximum Gasteiger partial charge on any atom is 0.346 e. The van der Waals surface area contributed by atoms with Gasteiger partial charge in [-0.25, -0.2) is 14.8 Å². The molecular formula is C12H12N4O2S. The molecule has 0 aliphatic heterocycles. The van der Waals surface area contributed by atoms with Crippen LogP contribution in [0.1, 0.15) is 21.7 Å². The van der Waals surface area contributed by atoms with Gasteiger partial charge < -0.3 is 10.0 Å². The fourth-order valence-electron chi connectivity index (χ4n) is 1.87. The highest BCUT2D eigenvalue weighted by Gasteiger charge is 2.19. The van der Waals surface area contributed by atoms with E-state index in [1.165, 1.54) is 6.33 Å². The molecule has 0 saturated heterocycles. The highest BCUT2D eigenvalue weighted by molar-refractivity contribution is 7.20. The van der Waals surface area contributed by atoms with Crippen LogP contribution in [0.3, 0.4) is 0 Å². The van der Waals surface area contributed by atoms with Crippen molar-refractivity contribution in [3.8, 4) is 6.07 Å². The first-order chi connectivity index (χ1) is 9.06. The summed E-state index contributed by atoms with van der Waals surface area (Å²) in [6.45, 7) is 2.30. The number of carboxylic acid groups (broad SMARTS) is 1. The molecule has 0 amide bonds. The molecule has 0 bridgehead atoms. The Labute approximate surface area is 113 Å². The third kappa shape index (κ3) is 2.35. The summed E-state index contributed by atoms with van der Waals surface area (Å²) in [6.07, 6.45) is 1.80. The summed E-state index contributed by atoms with van der Waals surface area (Å²) < 4.78 is 0.